The van der Waals surface area contributed by atoms with Gasteiger partial charge in [0, 0.05) is 18.4 Å². The summed E-state index contributed by atoms with van der Waals surface area (Å²) in [5, 5.41) is 11.1. The molecule has 2 N–H and O–H groups in total. The second-order valence-electron chi connectivity index (χ2n) is 3.48. The van der Waals surface area contributed by atoms with Crippen LogP contribution in [-0.2, 0) is 14.3 Å². The monoisotopic (exact) mass is 249 g/mol. The third-order valence-electron chi connectivity index (χ3n) is 2.05. The Morgan fingerprint density at radius 1 is 1.33 bits per heavy atom. The van der Waals surface area contributed by atoms with Crippen LogP contribution in [0.1, 0.15) is 12.5 Å². The van der Waals surface area contributed by atoms with Crippen LogP contribution in [0.3, 0.4) is 0 Å². The molecule has 5 heteroatoms. The van der Waals surface area contributed by atoms with Crippen molar-refractivity contribution in [3.63, 3.8) is 0 Å². The van der Waals surface area contributed by atoms with Crippen molar-refractivity contribution in [2.24, 2.45) is 0 Å². The molecule has 0 spiro atoms. The second-order valence-corrected chi connectivity index (χ2v) is 3.48. The number of amides is 1. The zero-order valence-electron chi connectivity index (χ0n) is 10.1. The molecular formula is C13H15NO4. The van der Waals surface area contributed by atoms with Crippen LogP contribution in [0.15, 0.2) is 30.3 Å². The number of hydrogen-bond acceptors (Lipinski definition) is 3. The average Bonchev–Trinajstić information content (AvgIpc) is 2.35. The van der Waals surface area contributed by atoms with Gasteiger partial charge in [0.05, 0.1) is 0 Å². The van der Waals surface area contributed by atoms with E-state index < -0.39 is 5.97 Å². The van der Waals surface area contributed by atoms with Crippen LogP contribution >= 0.6 is 0 Å². The fourth-order valence-electron chi connectivity index (χ4n) is 1.24. The number of hydrogen-bond donors (Lipinski definition) is 2. The Morgan fingerprint density at radius 2 is 2.00 bits per heavy atom. The number of carboxylic acid groups (broad SMARTS) is 1. The summed E-state index contributed by atoms with van der Waals surface area (Å²) < 4.78 is 4.97. The fraction of sp³-hybridized carbons (Fsp3) is 0.231. The van der Waals surface area contributed by atoms with Crippen molar-refractivity contribution in [3.05, 3.63) is 35.9 Å². The normalized spacial score (nSPS) is 10.5. The van der Waals surface area contributed by atoms with E-state index in [1.807, 2.05) is 6.92 Å². The minimum absolute atomic E-state index is 0.0250. The van der Waals surface area contributed by atoms with Crippen molar-refractivity contribution in [2.45, 2.75) is 6.92 Å². The number of anilines is 1. The van der Waals surface area contributed by atoms with E-state index in [2.05, 4.69) is 5.32 Å². The molecule has 1 amide bonds. The van der Waals surface area contributed by atoms with Gasteiger partial charge in [0.15, 0.2) is 0 Å². The molecule has 18 heavy (non-hydrogen) atoms. The van der Waals surface area contributed by atoms with Crippen LogP contribution in [-0.4, -0.2) is 30.2 Å². The molecule has 0 aromatic heterocycles. The highest BCUT2D eigenvalue weighted by molar-refractivity contribution is 5.92. The Bertz CT molecular complexity index is 437. The number of rotatable bonds is 6. The molecule has 0 saturated heterocycles. The summed E-state index contributed by atoms with van der Waals surface area (Å²) >= 11 is 0. The van der Waals surface area contributed by atoms with Gasteiger partial charge in [-0.3, -0.25) is 4.79 Å². The van der Waals surface area contributed by atoms with E-state index in [0.29, 0.717) is 12.3 Å². The first-order valence-corrected chi connectivity index (χ1v) is 5.50. The summed E-state index contributed by atoms with van der Waals surface area (Å²) in [6, 6.07) is 6.84. The number of carbonyl (C=O) groups is 2. The van der Waals surface area contributed by atoms with Crippen LogP contribution in [0.25, 0.3) is 6.08 Å². The predicted octanol–water partition coefficient (Wildman–Crippen LogP) is 1.76. The van der Waals surface area contributed by atoms with Crippen molar-refractivity contribution in [1.29, 1.82) is 0 Å². The molecule has 0 unspecified atom stereocenters. The van der Waals surface area contributed by atoms with Gasteiger partial charge in [-0.15, -0.1) is 0 Å². The van der Waals surface area contributed by atoms with E-state index in [-0.39, 0.29) is 12.5 Å². The van der Waals surface area contributed by atoms with E-state index in [1.54, 1.807) is 24.3 Å². The van der Waals surface area contributed by atoms with Crippen molar-refractivity contribution < 1.29 is 19.4 Å². The Kier molecular flexibility index (Phi) is 5.60. The maximum absolute atomic E-state index is 11.3. The Balaban J connectivity index is 2.55. The molecule has 1 rings (SSSR count). The lowest BCUT2D eigenvalue weighted by atomic mass is 10.2. The summed E-state index contributed by atoms with van der Waals surface area (Å²) in [6.07, 6.45) is 2.54. The van der Waals surface area contributed by atoms with Crippen LogP contribution in [0, 0.1) is 0 Å². The number of aliphatic carboxylic acids is 1. The maximum Gasteiger partial charge on any atom is 0.328 e. The van der Waals surface area contributed by atoms with Gasteiger partial charge in [-0.05, 0) is 30.7 Å². The van der Waals surface area contributed by atoms with E-state index >= 15 is 0 Å². The lowest BCUT2D eigenvalue weighted by molar-refractivity contribution is -0.131. The fourth-order valence-corrected chi connectivity index (χ4v) is 1.24. The summed E-state index contributed by atoms with van der Waals surface area (Å²) in [5.74, 6) is -1.21. The molecule has 0 bridgehead atoms. The first-order chi connectivity index (χ1) is 8.61. The highest BCUT2D eigenvalue weighted by atomic mass is 16.5. The molecule has 0 aliphatic heterocycles. The van der Waals surface area contributed by atoms with E-state index in [1.165, 1.54) is 6.08 Å². The molecule has 0 aliphatic carbocycles. The number of ether oxygens (including phenoxy) is 1. The van der Waals surface area contributed by atoms with Gasteiger partial charge in [0.2, 0.25) is 5.91 Å². The second kappa shape index (κ2) is 7.24. The molecule has 96 valence electrons. The molecule has 1 aromatic carbocycles. The van der Waals surface area contributed by atoms with Crippen molar-refractivity contribution in [1.82, 2.24) is 0 Å². The quantitative estimate of drug-likeness (QED) is 0.753. The lowest BCUT2D eigenvalue weighted by Gasteiger charge is -2.05. The van der Waals surface area contributed by atoms with E-state index in [9.17, 15) is 9.59 Å². The SMILES string of the molecule is CCOCC(=O)Nc1ccc(/C=C/C(=O)O)cc1. The highest BCUT2D eigenvalue weighted by Crippen LogP contribution is 2.10. The Labute approximate surface area is 105 Å². The van der Waals surface area contributed by atoms with E-state index in [0.717, 1.165) is 11.6 Å². The van der Waals surface area contributed by atoms with Gasteiger partial charge in [-0.1, -0.05) is 12.1 Å². The number of benzene rings is 1. The summed E-state index contributed by atoms with van der Waals surface area (Å²) in [5.41, 5.74) is 1.40. The number of carboxylic acids is 1. The van der Waals surface area contributed by atoms with Gasteiger partial charge in [0.1, 0.15) is 6.61 Å². The van der Waals surface area contributed by atoms with Gasteiger partial charge in [-0.2, -0.15) is 0 Å². The predicted molar refractivity (Wildman–Crippen MR) is 68.2 cm³/mol. The minimum atomic E-state index is -0.996. The summed E-state index contributed by atoms with van der Waals surface area (Å²) in [6.45, 7) is 2.33. The van der Waals surface area contributed by atoms with Gasteiger partial charge in [0.25, 0.3) is 0 Å². The van der Waals surface area contributed by atoms with Gasteiger partial charge >= 0.3 is 5.97 Å². The Morgan fingerprint density at radius 3 is 2.56 bits per heavy atom. The standard InChI is InChI=1S/C13H15NO4/c1-2-18-9-12(15)14-11-6-3-10(4-7-11)5-8-13(16)17/h3-8H,2,9H2,1H3,(H,14,15)(H,16,17)/b8-5+. The smallest absolute Gasteiger partial charge is 0.328 e. The largest absolute Gasteiger partial charge is 0.478 e. The van der Waals surface area contributed by atoms with Crippen molar-refractivity contribution >= 4 is 23.6 Å². The number of nitrogens with one attached hydrogen (secondary N) is 1. The molecule has 0 aliphatic rings. The minimum Gasteiger partial charge on any atom is -0.478 e. The van der Waals surface area contributed by atoms with Crippen LogP contribution < -0.4 is 5.32 Å². The topological polar surface area (TPSA) is 75.6 Å². The molecule has 0 radical (unpaired) electrons. The highest BCUT2D eigenvalue weighted by Gasteiger charge is 2.01. The average molecular weight is 249 g/mol. The third-order valence-corrected chi connectivity index (χ3v) is 2.05. The lowest BCUT2D eigenvalue weighted by Crippen LogP contribution is -2.18. The van der Waals surface area contributed by atoms with Crippen LogP contribution in [0.4, 0.5) is 5.69 Å². The molecular weight excluding hydrogens is 234 g/mol. The first-order valence-electron chi connectivity index (χ1n) is 5.50. The van der Waals surface area contributed by atoms with Crippen LogP contribution in [0.2, 0.25) is 0 Å². The zero-order chi connectivity index (χ0) is 13.4. The first kappa shape index (κ1) is 13.9. The molecule has 0 saturated carbocycles. The van der Waals surface area contributed by atoms with Crippen molar-refractivity contribution in [2.75, 3.05) is 18.5 Å². The molecule has 0 atom stereocenters. The summed E-state index contributed by atoms with van der Waals surface area (Å²) in [4.78, 5) is 21.7. The van der Waals surface area contributed by atoms with Gasteiger partial charge < -0.3 is 15.2 Å². The Hall–Kier alpha value is -2.14. The number of carbonyl (C=O) groups excluding carboxylic acids is 1. The maximum atomic E-state index is 11.3. The zero-order valence-corrected chi connectivity index (χ0v) is 10.1. The summed E-state index contributed by atoms with van der Waals surface area (Å²) in [7, 11) is 0. The molecule has 0 heterocycles. The van der Waals surface area contributed by atoms with E-state index in [4.69, 9.17) is 9.84 Å². The molecule has 0 fully saturated rings. The third kappa shape index (κ3) is 5.27. The van der Waals surface area contributed by atoms with Crippen LogP contribution in [0.5, 0.6) is 0 Å². The molecule has 1 aromatic rings. The molecule has 5 nitrogen and oxygen atoms in total. The van der Waals surface area contributed by atoms with Crippen molar-refractivity contribution in [3.8, 4) is 0 Å². The van der Waals surface area contributed by atoms with Gasteiger partial charge in [-0.25, -0.2) is 4.79 Å².